The molecule has 1 amide bonds. The maximum Gasteiger partial charge on any atom is 0.269 e. The number of benzene rings is 1. The Morgan fingerprint density at radius 3 is 2.68 bits per heavy atom. The molecule has 0 radical (unpaired) electrons. The van der Waals surface area contributed by atoms with Gasteiger partial charge in [-0.25, -0.2) is 0 Å². The number of nitro groups is 1. The quantitative estimate of drug-likeness (QED) is 0.658. The smallest absolute Gasteiger partial charge is 0.269 e. The maximum absolute atomic E-state index is 12.1. The van der Waals surface area contributed by atoms with Crippen LogP contribution in [0.5, 0.6) is 0 Å². The lowest BCUT2D eigenvalue weighted by Crippen LogP contribution is -2.62. The fourth-order valence-corrected chi connectivity index (χ4v) is 2.26. The largest absolute Gasteiger partial charge is 0.386 e. The van der Waals surface area contributed by atoms with E-state index in [0.29, 0.717) is 18.7 Å². The lowest BCUT2D eigenvalue weighted by molar-refractivity contribution is -0.384. The van der Waals surface area contributed by atoms with Crippen molar-refractivity contribution in [2.24, 2.45) is 0 Å². The molecule has 1 atom stereocenters. The Kier molecular flexibility index (Phi) is 3.28. The summed E-state index contributed by atoms with van der Waals surface area (Å²) >= 11 is 0. The van der Waals surface area contributed by atoms with E-state index >= 15 is 0 Å². The molecule has 1 heterocycles. The van der Waals surface area contributed by atoms with Gasteiger partial charge in [-0.1, -0.05) is 12.1 Å². The highest BCUT2D eigenvalue weighted by atomic mass is 16.6. The van der Waals surface area contributed by atoms with Crippen molar-refractivity contribution in [2.45, 2.75) is 25.4 Å². The summed E-state index contributed by atoms with van der Waals surface area (Å²) in [4.78, 5) is 23.9. The summed E-state index contributed by atoms with van der Waals surface area (Å²) in [5.74, 6) is -0.567. The highest BCUT2D eigenvalue weighted by Gasteiger charge is 2.40. The number of amides is 1. The Balaban J connectivity index is 2.11. The van der Waals surface area contributed by atoms with Crippen LogP contribution in [0.25, 0.3) is 0 Å². The van der Waals surface area contributed by atoms with Crippen LogP contribution in [0.2, 0.25) is 0 Å². The van der Waals surface area contributed by atoms with Gasteiger partial charge in [0.2, 0.25) is 5.91 Å². The molecule has 2 rings (SSSR count). The van der Waals surface area contributed by atoms with Crippen LogP contribution < -0.4 is 0 Å². The Morgan fingerprint density at radius 1 is 1.53 bits per heavy atom. The molecule has 102 valence electrons. The Bertz CT molecular complexity index is 519. The highest BCUT2D eigenvalue weighted by molar-refractivity contribution is 5.84. The van der Waals surface area contributed by atoms with Crippen molar-refractivity contribution in [2.75, 3.05) is 13.1 Å². The minimum absolute atomic E-state index is 0.0206. The predicted octanol–water partition coefficient (Wildman–Crippen LogP) is 1.29. The lowest BCUT2D eigenvalue weighted by atomic mass is 9.92. The molecule has 0 aromatic heterocycles. The zero-order valence-corrected chi connectivity index (χ0v) is 10.9. The number of hydrogen-bond acceptors (Lipinski definition) is 4. The number of hydrogen-bond donors (Lipinski definition) is 1. The number of non-ortho nitro benzene ring substituents is 1. The summed E-state index contributed by atoms with van der Waals surface area (Å²) < 4.78 is 0. The van der Waals surface area contributed by atoms with Crippen molar-refractivity contribution < 1.29 is 14.8 Å². The number of likely N-dealkylation sites (tertiary alicyclic amines) is 1. The van der Waals surface area contributed by atoms with E-state index in [9.17, 15) is 20.0 Å². The Morgan fingerprint density at radius 2 is 2.16 bits per heavy atom. The monoisotopic (exact) mass is 264 g/mol. The highest BCUT2D eigenvalue weighted by Crippen LogP contribution is 2.27. The average Bonchev–Trinajstić information content (AvgIpc) is 2.34. The summed E-state index contributed by atoms with van der Waals surface area (Å²) in [5.41, 5.74) is -0.212. The van der Waals surface area contributed by atoms with Crippen LogP contribution in [0.1, 0.15) is 25.3 Å². The van der Waals surface area contributed by atoms with Crippen LogP contribution in [0.3, 0.4) is 0 Å². The zero-order valence-electron chi connectivity index (χ0n) is 10.9. The number of nitrogens with zero attached hydrogens (tertiary/aromatic N) is 2. The van der Waals surface area contributed by atoms with Gasteiger partial charge < -0.3 is 10.0 Å². The van der Waals surface area contributed by atoms with E-state index in [0.717, 1.165) is 0 Å². The fourth-order valence-electron chi connectivity index (χ4n) is 2.26. The van der Waals surface area contributed by atoms with E-state index in [-0.39, 0.29) is 11.6 Å². The Hall–Kier alpha value is -1.95. The van der Waals surface area contributed by atoms with Crippen LogP contribution in [0.15, 0.2) is 24.3 Å². The van der Waals surface area contributed by atoms with Crippen molar-refractivity contribution in [1.29, 1.82) is 0 Å². The summed E-state index contributed by atoms with van der Waals surface area (Å²) in [6.07, 6.45) is 0. The molecule has 1 N–H and O–H groups in total. The third kappa shape index (κ3) is 2.73. The van der Waals surface area contributed by atoms with E-state index in [4.69, 9.17) is 0 Å². The Labute approximate surface area is 110 Å². The second kappa shape index (κ2) is 4.62. The van der Waals surface area contributed by atoms with Crippen LogP contribution in [0, 0.1) is 10.1 Å². The van der Waals surface area contributed by atoms with E-state index in [2.05, 4.69) is 0 Å². The SMILES string of the molecule is CC(C(=O)N1CC(C)(O)C1)c1cccc([N+](=O)[O-])c1. The van der Waals surface area contributed by atoms with Crippen LogP contribution in [-0.2, 0) is 4.79 Å². The first kappa shape index (κ1) is 13.5. The molecular formula is C13H16N2O4. The summed E-state index contributed by atoms with van der Waals surface area (Å²) in [5, 5.41) is 20.3. The molecule has 0 saturated carbocycles. The van der Waals surface area contributed by atoms with Crippen molar-refractivity contribution in [3.8, 4) is 0 Å². The minimum atomic E-state index is -0.807. The standard InChI is InChI=1S/C13H16N2O4/c1-9(12(16)14-7-13(2,17)8-14)10-4-3-5-11(6-10)15(18)19/h3-6,9,17H,7-8H2,1-2H3. The van der Waals surface area contributed by atoms with Crippen LogP contribution in [-0.4, -0.2) is 39.5 Å². The molecule has 6 nitrogen and oxygen atoms in total. The first-order chi connectivity index (χ1) is 8.80. The average molecular weight is 264 g/mol. The summed E-state index contributed by atoms with van der Waals surface area (Å²) in [7, 11) is 0. The van der Waals surface area contributed by atoms with E-state index in [1.54, 1.807) is 30.9 Å². The fraction of sp³-hybridized carbons (Fsp3) is 0.462. The molecule has 0 bridgehead atoms. The van der Waals surface area contributed by atoms with E-state index in [1.807, 2.05) is 0 Å². The topological polar surface area (TPSA) is 83.7 Å². The molecule has 0 aliphatic carbocycles. The van der Waals surface area contributed by atoms with Gasteiger partial charge in [0.15, 0.2) is 0 Å². The first-order valence-corrected chi connectivity index (χ1v) is 6.06. The molecule has 0 spiro atoms. The van der Waals surface area contributed by atoms with Gasteiger partial charge >= 0.3 is 0 Å². The summed E-state index contributed by atoms with van der Waals surface area (Å²) in [6.45, 7) is 4.01. The van der Waals surface area contributed by atoms with Gasteiger partial charge in [0, 0.05) is 12.1 Å². The van der Waals surface area contributed by atoms with Crippen molar-refractivity contribution in [1.82, 2.24) is 4.90 Å². The third-order valence-corrected chi connectivity index (χ3v) is 3.33. The van der Waals surface area contributed by atoms with Crippen molar-refractivity contribution in [3.05, 3.63) is 39.9 Å². The number of nitro benzene ring substituents is 1. The second-order valence-corrected chi connectivity index (χ2v) is 5.27. The number of aliphatic hydroxyl groups is 1. The van der Waals surface area contributed by atoms with Gasteiger partial charge in [-0.2, -0.15) is 0 Å². The molecule has 1 aliphatic rings. The van der Waals surface area contributed by atoms with Gasteiger partial charge in [-0.3, -0.25) is 14.9 Å². The van der Waals surface area contributed by atoms with Gasteiger partial charge in [0.25, 0.3) is 5.69 Å². The number of carbonyl (C=O) groups excluding carboxylic acids is 1. The molecule has 1 unspecified atom stereocenters. The molecule has 1 fully saturated rings. The van der Waals surface area contributed by atoms with Crippen molar-refractivity contribution >= 4 is 11.6 Å². The van der Waals surface area contributed by atoms with E-state index < -0.39 is 16.4 Å². The molecule has 19 heavy (non-hydrogen) atoms. The van der Waals surface area contributed by atoms with Crippen molar-refractivity contribution in [3.63, 3.8) is 0 Å². The predicted molar refractivity (Wildman–Crippen MR) is 68.7 cm³/mol. The van der Waals surface area contributed by atoms with Crippen LogP contribution >= 0.6 is 0 Å². The second-order valence-electron chi connectivity index (χ2n) is 5.27. The zero-order chi connectivity index (χ0) is 14.2. The number of rotatable bonds is 3. The minimum Gasteiger partial charge on any atom is -0.386 e. The van der Waals surface area contributed by atoms with E-state index in [1.165, 1.54) is 12.1 Å². The lowest BCUT2D eigenvalue weighted by Gasteiger charge is -2.45. The molecular weight excluding hydrogens is 248 g/mol. The summed E-state index contributed by atoms with van der Waals surface area (Å²) in [6, 6.07) is 6.09. The first-order valence-electron chi connectivity index (χ1n) is 6.06. The third-order valence-electron chi connectivity index (χ3n) is 3.33. The van der Waals surface area contributed by atoms with Gasteiger partial charge in [-0.05, 0) is 19.4 Å². The molecule has 1 saturated heterocycles. The van der Waals surface area contributed by atoms with Gasteiger partial charge in [0.1, 0.15) is 0 Å². The van der Waals surface area contributed by atoms with Gasteiger partial charge in [0.05, 0.1) is 29.5 Å². The molecule has 1 aromatic rings. The number of carbonyl (C=O) groups is 1. The maximum atomic E-state index is 12.1. The normalized spacial score (nSPS) is 18.6. The van der Waals surface area contributed by atoms with Gasteiger partial charge in [-0.15, -0.1) is 0 Å². The number of β-amino-alcohol motifs (C(OH)–C–C–N with tert-alkyl or cyclic N) is 1. The molecule has 1 aliphatic heterocycles. The molecule has 1 aromatic carbocycles. The van der Waals surface area contributed by atoms with Crippen LogP contribution in [0.4, 0.5) is 5.69 Å². The molecule has 6 heteroatoms.